The van der Waals surface area contributed by atoms with Gasteiger partial charge in [0.25, 0.3) is 5.91 Å². The Kier molecular flexibility index (Phi) is 5.15. The van der Waals surface area contributed by atoms with E-state index in [2.05, 4.69) is 15.1 Å². The molecule has 1 aromatic carbocycles. The van der Waals surface area contributed by atoms with E-state index in [1.807, 2.05) is 11.7 Å². The SMILES string of the molecule is CCNS(=O)(=O)c1ccc(C)c(C(=O)NC2CCCc3c2cnn3C)c1. The van der Waals surface area contributed by atoms with Gasteiger partial charge in [0.15, 0.2) is 0 Å². The minimum atomic E-state index is -3.60. The summed E-state index contributed by atoms with van der Waals surface area (Å²) in [6, 6.07) is 4.52. The van der Waals surface area contributed by atoms with E-state index in [-0.39, 0.29) is 16.8 Å². The fraction of sp³-hybridized carbons (Fsp3) is 0.444. The van der Waals surface area contributed by atoms with Crippen molar-refractivity contribution in [1.82, 2.24) is 19.8 Å². The average molecular weight is 376 g/mol. The molecule has 0 aliphatic heterocycles. The molecule has 0 saturated carbocycles. The van der Waals surface area contributed by atoms with Crippen LogP contribution in [-0.2, 0) is 23.5 Å². The lowest BCUT2D eigenvalue weighted by molar-refractivity contribution is 0.0932. The molecule has 0 spiro atoms. The fourth-order valence-corrected chi connectivity index (χ4v) is 4.45. The highest BCUT2D eigenvalue weighted by atomic mass is 32.2. The number of nitrogens with zero attached hydrogens (tertiary/aromatic N) is 2. The van der Waals surface area contributed by atoms with E-state index in [1.54, 1.807) is 26.1 Å². The summed E-state index contributed by atoms with van der Waals surface area (Å²) in [5, 5.41) is 7.34. The van der Waals surface area contributed by atoms with Gasteiger partial charge in [-0.05, 0) is 43.9 Å². The van der Waals surface area contributed by atoms with Crippen molar-refractivity contribution in [1.29, 1.82) is 0 Å². The van der Waals surface area contributed by atoms with Crippen molar-refractivity contribution in [3.8, 4) is 0 Å². The van der Waals surface area contributed by atoms with Gasteiger partial charge in [0, 0.05) is 30.4 Å². The molecule has 1 unspecified atom stereocenters. The molecule has 0 fully saturated rings. The zero-order valence-corrected chi connectivity index (χ0v) is 16.1. The van der Waals surface area contributed by atoms with Gasteiger partial charge in [0.05, 0.1) is 17.1 Å². The van der Waals surface area contributed by atoms with Crippen LogP contribution in [0.15, 0.2) is 29.3 Å². The van der Waals surface area contributed by atoms with E-state index >= 15 is 0 Å². The standard InChI is InChI=1S/C18H24N4O3S/c1-4-20-26(24,25)13-9-8-12(2)14(10-13)18(23)21-16-6-5-7-17-15(16)11-19-22(17)3/h8-11,16,20H,4-7H2,1-3H3,(H,21,23). The first-order valence-electron chi connectivity index (χ1n) is 8.75. The van der Waals surface area contributed by atoms with Gasteiger partial charge in [0.2, 0.25) is 10.0 Å². The lowest BCUT2D eigenvalue weighted by atomic mass is 9.92. The number of aromatic nitrogens is 2. The Morgan fingerprint density at radius 2 is 2.15 bits per heavy atom. The van der Waals surface area contributed by atoms with Gasteiger partial charge in [-0.15, -0.1) is 0 Å². The number of carbonyl (C=O) groups excluding carboxylic acids is 1. The molecule has 2 aromatic rings. The molecule has 7 nitrogen and oxygen atoms in total. The Labute approximate surface area is 153 Å². The fourth-order valence-electron chi connectivity index (χ4n) is 3.38. The molecule has 26 heavy (non-hydrogen) atoms. The monoisotopic (exact) mass is 376 g/mol. The van der Waals surface area contributed by atoms with E-state index in [4.69, 9.17) is 0 Å². The summed E-state index contributed by atoms with van der Waals surface area (Å²) in [5.41, 5.74) is 3.29. The molecule has 1 atom stereocenters. The van der Waals surface area contributed by atoms with Crippen LogP contribution in [-0.4, -0.2) is 30.7 Å². The quantitative estimate of drug-likeness (QED) is 0.833. The van der Waals surface area contributed by atoms with E-state index in [0.29, 0.717) is 12.1 Å². The van der Waals surface area contributed by atoms with Crippen molar-refractivity contribution in [3.63, 3.8) is 0 Å². The predicted octanol–water partition coefficient (Wildman–Crippen LogP) is 1.83. The number of fused-ring (bicyclic) bond motifs is 1. The van der Waals surface area contributed by atoms with Crippen molar-refractivity contribution < 1.29 is 13.2 Å². The van der Waals surface area contributed by atoms with Crippen molar-refractivity contribution in [2.45, 2.75) is 44.0 Å². The first-order chi connectivity index (χ1) is 12.3. The highest BCUT2D eigenvalue weighted by Gasteiger charge is 2.26. The van der Waals surface area contributed by atoms with Crippen LogP contribution in [0.1, 0.15) is 53.0 Å². The van der Waals surface area contributed by atoms with E-state index in [1.165, 1.54) is 12.1 Å². The van der Waals surface area contributed by atoms with Crippen molar-refractivity contribution in [2.75, 3.05) is 6.54 Å². The molecule has 8 heteroatoms. The van der Waals surface area contributed by atoms with Crippen LogP contribution in [0.25, 0.3) is 0 Å². The van der Waals surface area contributed by atoms with E-state index < -0.39 is 10.0 Å². The third kappa shape index (κ3) is 3.52. The van der Waals surface area contributed by atoms with Gasteiger partial charge < -0.3 is 5.32 Å². The van der Waals surface area contributed by atoms with Gasteiger partial charge in [-0.1, -0.05) is 13.0 Å². The number of sulfonamides is 1. The van der Waals surface area contributed by atoms with Gasteiger partial charge in [-0.2, -0.15) is 5.10 Å². The number of aryl methyl sites for hydroxylation is 2. The van der Waals surface area contributed by atoms with Crippen LogP contribution >= 0.6 is 0 Å². The maximum atomic E-state index is 12.8. The zero-order chi connectivity index (χ0) is 18.9. The van der Waals surface area contributed by atoms with Gasteiger partial charge in [-0.3, -0.25) is 9.48 Å². The normalized spacial score (nSPS) is 17.0. The van der Waals surface area contributed by atoms with Crippen LogP contribution in [0.4, 0.5) is 0 Å². The molecule has 1 amide bonds. The van der Waals surface area contributed by atoms with Gasteiger partial charge in [0.1, 0.15) is 0 Å². The molecule has 1 heterocycles. The molecule has 0 saturated heterocycles. The zero-order valence-electron chi connectivity index (χ0n) is 15.2. The molecule has 1 aliphatic rings. The van der Waals surface area contributed by atoms with E-state index in [9.17, 15) is 13.2 Å². The van der Waals surface area contributed by atoms with E-state index in [0.717, 1.165) is 36.1 Å². The Bertz CT molecular complexity index is 934. The summed E-state index contributed by atoms with van der Waals surface area (Å²) in [4.78, 5) is 12.9. The van der Waals surface area contributed by atoms with Crippen LogP contribution in [0.2, 0.25) is 0 Å². The number of nitrogens with one attached hydrogen (secondary N) is 2. The summed E-state index contributed by atoms with van der Waals surface area (Å²) in [6.45, 7) is 3.81. The maximum absolute atomic E-state index is 12.8. The molecule has 0 radical (unpaired) electrons. The second-order valence-electron chi connectivity index (χ2n) is 6.57. The van der Waals surface area contributed by atoms with Crippen LogP contribution < -0.4 is 10.0 Å². The summed E-state index contributed by atoms with van der Waals surface area (Å²) in [5.74, 6) is -0.266. The minimum absolute atomic E-state index is 0.0980. The highest BCUT2D eigenvalue weighted by molar-refractivity contribution is 7.89. The summed E-state index contributed by atoms with van der Waals surface area (Å²) in [7, 11) is -1.70. The summed E-state index contributed by atoms with van der Waals surface area (Å²) in [6.07, 6.45) is 4.58. The molecule has 1 aromatic heterocycles. The number of carbonyl (C=O) groups is 1. The maximum Gasteiger partial charge on any atom is 0.252 e. The topological polar surface area (TPSA) is 93.1 Å². The Morgan fingerprint density at radius 1 is 1.38 bits per heavy atom. The molecule has 140 valence electrons. The molecular formula is C18H24N4O3S. The third-order valence-electron chi connectivity index (χ3n) is 4.78. The first kappa shape index (κ1) is 18.6. The number of hydrogen-bond donors (Lipinski definition) is 2. The number of hydrogen-bond acceptors (Lipinski definition) is 4. The second kappa shape index (κ2) is 7.20. The van der Waals surface area contributed by atoms with Gasteiger partial charge in [-0.25, -0.2) is 13.1 Å². The highest BCUT2D eigenvalue weighted by Crippen LogP contribution is 2.29. The molecule has 3 rings (SSSR count). The molecule has 1 aliphatic carbocycles. The van der Waals surface area contributed by atoms with Crippen molar-refractivity contribution >= 4 is 15.9 Å². The average Bonchev–Trinajstić information content (AvgIpc) is 2.97. The Morgan fingerprint density at radius 3 is 2.88 bits per heavy atom. The number of benzene rings is 1. The molecule has 2 N–H and O–H groups in total. The molecular weight excluding hydrogens is 352 g/mol. The van der Waals surface area contributed by atoms with Crippen LogP contribution in [0, 0.1) is 6.92 Å². The number of amides is 1. The smallest absolute Gasteiger partial charge is 0.252 e. The first-order valence-corrected chi connectivity index (χ1v) is 10.2. The van der Waals surface area contributed by atoms with Crippen LogP contribution in [0.5, 0.6) is 0 Å². The minimum Gasteiger partial charge on any atom is -0.345 e. The molecule has 0 bridgehead atoms. The lowest BCUT2D eigenvalue weighted by Gasteiger charge is -2.24. The Balaban J connectivity index is 1.87. The van der Waals surface area contributed by atoms with Gasteiger partial charge >= 0.3 is 0 Å². The second-order valence-corrected chi connectivity index (χ2v) is 8.33. The summed E-state index contributed by atoms with van der Waals surface area (Å²) >= 11 is 0. The predicted molar refractivity (Wildman–Crippen MR) is 98.4 cm³/mol. The lowest BCUT2D eigenvalue weighted by Crippen LogP contribution is -2.31. The van der Waals surface area contributed by atoms with Crippen molar-refractivity contribution in [2.24, 2.45) is 7.05 Å². The Hall–Kier alpha value is -2.19. The summed E-state index contributed by atoms with van der Waals surface area (Å²) < 4.78 is 28.7. The van der Waals surface area contributed by atoms with Crippen molar-refractivity contribution in [3.05, 3.63) is 46.8 Å². The largest absolute Gasteiger partial charge is 0.345 e. The van der Waals surface area contributed by atoms with Crippen LogP contribution in [0.3, 0.4) is 0 Å². The third-order valence-corrected chi connectivity index (χ3v) is 6.32. The number of rotatable bonds is 5.